The molecule has 2 aromatic rings. The first kappa shape index (κ1) is 16.3. The molecule has 120 valence electrons. The van der Waals surface area contributed by atoms with Crippen LogP contribution in [0.25, 0.3) is 11.3 Å². The normalized spacial score (nSPS) is 21.1. The van der Waals surface area contributed by atoms with Gasteiger partial charge in [0.25, 0.3) is 0 Å². The van der Waals surface area contributed by atoms with Crippen molar-refractivity contribution in [3.8, 4) is 11.3 Å². The Morgan fingerprint density at radius 1 is 1.04 bits per heavy atom. The maximum atomic E-state index is 5.93. The zero-order valence-corrected chi connectivity index (χ0v) is 14.3. The van der Waals surface area contributed by atoms with Gasteiger partial charge in [-0.25, -0.2) is 0 Å². The molecule has 0 unspecified atom stereocenters. The van der Waals surface area contributed by atoms with Crippen LogP contribution in [0.1, 0.15) is 37.7 Å². The first-order valence-corrected chi connectivity index (χ1v) is 8.96. The molecule has 0 N–H and O–H groups in total. The maximum absolute atomic E-state index is 5.93. The molecule has 1 heterocycles. The fourth-order valence-corrected chi connectivity index (χ4v) is 3.57. The average molecular weight is 326 g/mol. The summed E-state index contributed by atoms with van der Waals surface area (Å²) in [7, 11) is 0. The van der Waals surface area contributed by atoms with Gasteiger partial charge in [-0.1, -0.05) is 35.9 Å². The Balaban J connectivity index is 1.54. The van der Waals surface area contributed by atoms with E-state index in [4.69, 9.17) is 11.6 Å². The summed E-state index contributed by atoms with van der Waals surface area (Å²) in [5.41, 5.74) is 3.47. The van der Waals surface area contributed by atoms with E-state index in [-0.39, 0.29) is 0 Å². The second-order valence-electron chi connectivity index (χ2n) is 6.61. The Morgan fingerprint density at radius 3 is 2.39 bits per heavy atom. The number of aromatic nitrogens is 1. The van der Waals surface area contributed by atoms with Crippen LogP contribution in [0.2, 0.25) is 5.02 Å². The fourth-order valence-electron chi connectivity index (χ4n) is 3.45. The lowest BCUT2D eigenvalue weighted by Crippen LogP contribution is -2.13. The summed E-state index contributed by atoms with van der Waals surface area (Å²) in [4.78, 5) is 4.61. The molecule has 0 bridgehead atoms. The van der Waals surface area contributed by atoms with E-state index in [9.17, 15) is 0 Å². The summed E-state index contributed by atoms with van der Waals surface area (Å²) in [6.45, 7) is 3.93. The lowest BCUT2D eigenvalue weighted by molar-refractivity contribution is 0.296. The summed E-state index contributed by atoms with van der Waals surface area (Å²) >= 11 is 5.93. The van der Waals surface area contributed by atoms with Gasteiger partial charge >= 0.3 is 0 Å². The molecule has 3 rings (SSSR count). The number of halogens is 1. The van der Waals surface area contributed by atoms with Crippen LogP contribution in [0.3, 0.4) is 0 Å². The molecule has 0 spiro atoms. The molecule has 1 aliphatic rings. The zero-order valence-electron chi connectivity index (χ0n) is 13.5. The van der Waals surface area contributed by atoms with Gasteiger partial charge in [0, 0.05) is 16.8 Å². The maximum Gasteiger partial charge on any atom is 0.0702 e. The monoisotopic (exact) mass is 325 g/mol. The highest BCUT2D eigenvalue weighted by molar-refractivity contribution is 6.30. The van der Waals surface area contributed by atoms with Gasteiger partial charge in [-0.2, -0.15) is 0 Å². The van der Waals surface area contributed by atoms with Crippen LogP contribution in [-0.2, 0) is 6.42 Å². The summed E-state index contributed by atoms with van der Waals surface area (Å²) in [6, 6.07) is 12.2. The molecule has 1 aromatic heterocycles. The largest absolute Gasteiger partial charge is 0.256 e. The Bertz CT molecular complexity index is 622. The van der Waals surface area contributed by atoms with Crippen molar-refractivity contribution in [2.45, 2.75) is 38.5 Å². The second-order valence-corrected chi connectivity index (χ2v) is 7.05. The quantitative estimate of drug-likeness (QED) is 0.585. The molecule has 0 saturated heterocycles. The van der Waals surface area contributed by atoms with Crippen molar-refractivity contribution < 1.29 is 0 Å². The number of pyridine rings is 1. The number of rotatable bonds is 5. The number of nitrogens with zero attached hydrogens (tertiary/aromatic N) is 1. The number of allylic oxidation sites excluding steroid dienone is 1. The molecule has 0 amide bonds. The SMILES string of the molecule is C=C[C@H]1CC[C@H](CCc2ccc(-c3ccc(Cl)cc3)nc2)CC1. The van der Waals surface area contributed by atoms with E-state index in [1.54, 1.807) is 0 Å². The summed E-state index contributed by atoms with van der Waals surface area (Å²) in [5.74, 6) is 1.63. The van der Waals surface area contributed by atoms with Gasteiger partial charge in [0.05, 0.1) is 5.69 Å². The molecule has 1 aromatic carbocycles. The van der Waals surface area contributed by atoms with Crippen LogP contribution < -0.4 is 0 Å². The van der Waals surface area contributed by atoms with E-state index in [2.05, 4.69) is 29.8 Å². The average Bonchev–Trinajstić information content (AvgIpc) is 2.61. The van der Waals surface area contributed by atoms with Gasteiger partial charge in [-0.3, -0.25) is 4.98 Å². The van der Waals surface area contributed by atoms with Crippen molar-refractivity contribution in [3.05, 3.63) is 65.8 Å². The molecule has 23 heavy (non-hydrogen) atoms. The highest BCUT2D eigenvalue weighted by atomic mass is 35.5. The van der Waals surface area contributed by atoms with Crippen molar-refractivity contribution in [3.63, 3.8) is 0 Å². The third kappa shape index (κ3) is 4.45. The molecule has 0 atom stereocenters. The first-order valence-electron chi connectivity index (χ1n) is 8.58. The molecule has 0 aliphatic heterocycles. The smallest absolute Gasteiger partial charge is 0.0702 e. The van der Waals surface area contributed by atoms with E-state index >= 15 is 0 Å². The van der Waals surface area contributed by atoms with E-state index in [0.29, 0.717) is 0 Å². The first-order chi connectivity index (χ1) is 11.2. The highest BCUT2D eigenvalue weighted by Crippen LogP contribution is 2.32. The third-order valence-corrected chi connectivity index (χ3v) is 5.28. The number of benzene rings is 1. The van der Waals surface area contributed by atoms with Crippen LogP contribution in [0.15, 0.2) is 55.3 Å². The van der Waals surface area contributed by atoms with E-state index in [0.717, 1.165) is 34.5 Å². The summed E-state index contributed by atoms with van der Waals surface area (Å²) in [5, 5.41) is 0.761. The van der Waals surface area contributed by atoms with Crippen molar-refractivity contribution in [2.24, 2.45) is 11.8 Å². The predicted octanol–water partition coefficient (Wildman–Crippen LogP) is 6.33. The van der Waals surface area contributed by atoms with Crippen LogP contribution in [-0.4, -0.2) is 4.98 Å². The minimum atomic E-state index is 0.756. The van der Waals surface area contributed by atoms with Gasteiger partial charge in [-0.15, -0.1) is 6.58 Å². The summed E-state index contributed by atoms with van der Waals surface area (Å²) < 4.78 is 0. The molecule has 2 heteroatoms. The Labute approximate surface area is 144 Å². The van der Waals surface area contributed by atoms with Crippen LogP contribution in [0.5, 0.6) is 0 Å². The lowest BCUT2D eigenvalue weighted by atomic mass is 9.80. The van der Waals surface area contributed by atoms with Gasteiger partial charge in [-0.05, 0) is 74.1 Å². The fraction of sp³-hybridized carbons (Fsp3) is 0.381. The number of hydrogen-bond donors (Lipinski definition) is 0. The predicted molar refractivity (Wildman–Crippen MR) is 98.6 cm³/mol. The molecular weight excluding hydrogens is 302 g/mol. The summed E-state index contributed by atoms with van der Waals surface area (Å²) in [6.07, 6.45) is 11.9. The number of hydrogen-bond acceptors (Lipinski definition) is 1. The molecule has 1 nitrogen and oxygen atoms in total. The van der Waals surface area contributed by atoms with Crippen LogP contribution >= 0.6 is 11.6 Å². The standard InChI is InChI=1S/C21H24ClN/c1-2-16-3-5-17(6-4-16)7-8-18-9-14-21(23-15-18)19-10-12-20(22)13-11-19/h2,9-17H,1,3-8H2/t16-,17-. The third-order valence-electron chi connectivity index (χ3n) is 5.03. The van der Waals surface area contributed by atoms with Crippen molar-refractivity contribution in [1.29, 1.82) is 0 Å². The minimum Gasteiger partial charge on any atom is -0.256 e. The lowest BCUT2D eigenvalue weighted by Gasteiger charge is -2.26. The topological polar surface area (TPSA) is 12.9 Å². The van der Waals surface area contributed by atoms with E-state index < -0.39 is 0 Å². The number of aryl methyl sites for hydroxylation is 1. The zero-order chi connectivity index (χ0) is 16.1. The minimum absolute atomic E-state index is 0.756. The molecule has 1 fully saturated rings. The molecule has 1 aliphatic carbocycles. The molecular formula is C21H24ClN. The Hall–Kier alpha value is -1.60. The van der Waals surface area contributed by atoms with Gasteiger partial charge in [0.1, 0.15) is 0 Å². The van der Waals surface area contributed by atoms with Gasteiger partial charge < -0.3 is 0 Å². The molecule has 1 saturated carbocycles. The van der Waals surface area contributed by atoms with Gasteiger partial charge in [0.2, 0.25) is 0 Å². The van der Waals surface area contributed by atoms with E-state index in [1.165, 1.54) is 37.7 Å². The van der Waals surface area contributed by atoms with Crippen LogP contribution in [0, 0.1) is 11.8 Å². The second kappa shape index (κ2) is 7.79. The van der Waals surface area contributed by atoms with Crippen molar-refractivity contribution in [2.75, 3.05) is 0 Å². The van der Waals surface area contributed by atoms with Gasteiger partial charge in [0.15, 0.2) is 0 Å². The molecule has 0 radical (unpaired) electrons. The van der Waals surface area contributed by atoms with Crippen LogP contribution in [0.4, 0.5) is 0 Å². The van der Waals surface area contributed by atoms with E-state index in [1.807, 2.05) is 30.5 Å². The van der Waals surface area contributed by atoms with Crippen molar-refractivity contribution in [1.82, 2.24) is 4.98 Å². The Morgan fingerprint density at radius 2 is 1.78 bits per heavy atom. The highest BCUT2D eigenvalue weighted by Gasteiger charge is 2.18. The Kier molecular flexibility index (Phi) is 5.51. The van der Waals surface area contributed by atoms with Crippen molar-refractivity contribution >= 4 is 11.6 Å².